The molecule has 1 aliphatic rings. The highest BCUT2D eigenvalue weighted by Gasteiger charge is 2.30. The van der Waals surface area contributed by atoms with Crippen LogP contribution in [0.15, 0.2) is 69.3 Å². The molecule has 0 radical (unpaired) electrons. The van der Waals surface area contributed by atoms with E-state index in [4.69, 9.17) is 4.74 Å². The minimum absolute atomic E-state index is 0.00382. The molecule has 0 fully saturated rings. The smallest absolute Gasteiger partial charge is 0.296 e. The van der Waals surface area contributed by atoms with Gasteiger partial charge in [0.2, 0.25) is 0 Å². The van der Waals surface area contributed by atoms with Gasteiger partial charge < -0.3 is 15.4 Å². The average Bonchev–Trinajstić information content (AvgIpc) is 2.94. The van der Waals surface area contributed by atoms with E-state index in [2.05, 4.69) is 17.2 Å². The Bertz CT molecular complexity index is 2410. The van der Waals surface area contributed by atoms with Gasteiger partial charge in [0.25, 0.3) is 30.4 Å². The van der Waals surface area contributed by atoms with Crippen LogP contribution in [0.3, 0.4) is 0 Å². The zero-order valence-electron chi connectivity index (χ0n) is 25.0. The molecule has 0 amide bonds. The van der Waals surface area contributed by atoms with Gasteiger partial charge in [-0.05, 0) is 73.9 Å². The second-order valence-corrected chi connectivity index (χ2v) is 14.9. The molecule has 242 valence electrons. The molecule has 0 aliphatic carbocycles. The third-order valence-corrected chi connectivity index (χ3v) is 10.3. The van der Waals surface area contributed by atoms with E-state index >= 15 is 0 Å². The van der Waals surface area contributed by atoms with Gasteiger partial charge in [0.15, 0.2) is 0 Å². The summed E-state index contributed by atoms with van der Waals surface area (Å²) in [5.74, 6) is -0.0106. The molecule has 4 aromatic rings. The first-order valence-electron chi connectivity index (χ1n) is 13.7. The maximum atomic E-state index is 12.9. The molecule has 1 heterocycles. The van der Waals surface area contributed by atoms with Crippen LogP contribution in [-0.4, -0.2) is 45.5 Å². The molecule has 0 unspecified atom stereocenters. The summed E-state index contributed by atoms with van der Waals surface area (Å²) in [6.45, 7) is 11.9. The largest absolute Gasteiger partial charge is 0.456 e. The van der Waals surface area contributed by atoms with Crippen LogP contribution in [0.4, 0.5) is 17.1 Å². The maximum absolute atomic E-state index is 12.9. The van der Waals surface area contributed by atoms with Gasteiger partial charge in [0.1, 0.15) is 26.2 Å². The first kappa shape index (κ1) is 33.1. The van der Waals surface area contributed by atoms with Gasteiger partial charge in [-0.2, -0.15) is 25.3 Å². The van der Waals surface area contributed by atoms with Crippen LogP contribution < -0.4 is 25.8 Å². The molecular weight excluding hydrogens is 657 g/mol. The number of rotatable bonds is 8. The Morgan fingerprint density at radius 3 is 1.93 bits per heavy atom. The van der Waals surface area contributed by atoms with Crippen LogP contribution in [-0.2, 0) is 30.4 Å². The molecule has 15 heteroatoms. The predicted molar refractivity (Wildman–Crippen MR) is 173 cm³/mol. The Morgan fingerprint density at radius 2 is 1.33 bits per heavy atom. The summed E-state index contributed by atoms with van der Waals surface area (Å²) in [5.41, 5.74) is 3.56. The third kappa shape index (κ3) is 6.00. The lowest BCUT2D eigenvalue weighted by Gasteiger charge is -2.25. The van der Waals surface area contributed by atoms with Crippen molar-refractivity contribution in [3.05, 3.63) is 92.9 Å². The highest BCUT2D eigenvalue weighted by Crippen LogP contribution is 2.43. The average molecular weight is 687 g/mol. The summed E-state index contributed by atoms with van der Waals surface area (Å²) in [5, 5.41) is 6.21. The predicted octanol–water partition coefficient (Wildman–Crippen LogP) is 4.29. The molecule has 0 saturated heterocycles. The lowest BCUT2D eigenvalue weighted by Crippen LogP contribution is -2.25. The summed E-state index contributed by atoms with van der Waals surface area (Å²) in [6, 6.07) is 11.7. The van der Waals surface area contributed by atoms with E-state index < -0.39 is 45.0 Å². The monoisotopic (exact) mass is 686 g/mol. The third-order valence-electron chi connectivity index (χ3n) is 7.58. The van der Waals surface area contributed by atoms with Gasteiger partial charge in [-0.25, -0.2) is 0 Å². The number of anilines is 3. The van der Waals surface area contributed by atoms with Crippen LogP contribution in [0.25, 0.3) is 12.2 Å². The van der Waals surface area contributed by atoms with Crippen LogP contribution in [0.1, 0.15) is 34.7 Å². The number of nitrogens with one attached hydrogen (secondary N) is 2. The number of hydrogen-bond donors (Lipinski definition) is 5. The quantitative estimate of drug-likeness (QED) is 0.146. The number of aryl methyl sites for hydroxylation is 2. The normalized spacial score (nSPS) is 13.1. The molecule has 0 spiro atoms. The zero-order valence-corrected chi connectivity index (χ0v) is 27.5. The molecule has 0 atom stereocenters. The van der Waals surface area contributed by atoms with Crippen LogP contribution >= 0.6 is 0 Å². The van der Waals surface area contributed by atoms with E-state index in [1.807, 2.05) is 33.8 Å². The molecule has 4 aromatic carbocycles. The summed E-state index contributed by atoms with van der Waals surface area (Å²) >= 11 is 0. The lowest BCUT2D eigenvalue weighted by atomic mass is 9.92. The highest BCUT2D eigenvalue weighted by atomic mass is 32.2. The Balaban J connectivity index is 1.90. The summed E-state index contributed by atoms with van der Waals surface area (Å²) in [7, 11) is -14.7. The van der Waals surface area contributed by atoms with E-state index in [1.165, 1.54) is 30.3 Å². The molecule has 46 heavy (non-hydrogen) atoms. The Labute approximate surface area is 266 Å². The van der Waals surface area contributed by atoms with Crippen molar-refractivity contribution in [2.75, 3.05) is 17.2 Å². The molecule has 0 saturated carbocycles. The van der Waals surface area contributed by atoms with Crippen molar-refractivity contribution in [1.29, 1.82) is 0 Å². The van der Waals surface area contributed by atoms with Gasteiger partial charge in [-0.3, -0.25) is 13.7 Å². The van der Waals surface area contributed by atoms with Crippen molar-refractivity contribution in [3.8, 4) is 11.5 Å². The van der Waals surface area contributed by atoms with Gasteiger partial charge >= 0.3 is 0 Å². The SMILES string of the molecule is C=c1cc2c(cc1S(=O)(=O)O)=C(c1ccccc1S(=O)(=O)O)c1cc(S(=O)(=O)O)c(Nc3c(C)cc(C)c(NCC)c3C)cc1O2. The molecule has 5 N–H and O–H groups in total. The lowest BCUT2D eigenvalue weighted by molar-refractivity contribution is 0.466. The van der Waals surface area contributed by atoms with Gasteiger partial charge in [-0.1, -0.05) is 30.8 Å². The molecule has 12 nitrogen and oxygen atoms in total. The van der Waals surface area contributed by atoms with Crippen LogP contribution in [0.5, 0.6) is 11.5 Å². The van der Waals surface area contributed by atoms with E-state index in [1.54, 1.807) is 0 Å². The molecular formula is C31H30N2O10S3. The standard InChI is InChI=1S/C31H30N2O10S3/c1-6-32-30-17(3)11-18(4)31(19(30)5)33-23-15-25-22(14-28(23)46(40,41)42)29(20-9-7-8-10-26(20)44(34,35)36)21-13-27(45(37,38)39)16(2)12-24(21)43-25/h7-15,32-33H,2,6H2,1,3-5H3,(H,34,35,36)(H,37,38,39)(H,40,41,42). The minimum Gasteiger partial charge on any atom is -0.456 e. The molecule has 0 bridgehead atoms. The first-order valence-corrected chi connectivity index (χ1v) is 18.0. The van der Waals surface area contributed by atoms with Crippen LogP contribution in [0, 0.1) is 20.8 Å². The molecule has 1 aliphatic heterocycles. The van der Waals surface area contributed by atoms with Crippen LogP contribution in [0.2, 0.25) is 0 Å². The van der Waals surface area contributed by atoms with Crippen molar-refractivity contribution in [2.45, 2.75) is 42.4 Å². The molecule has 0 aromatic heterocycles. The fourth-order valence-corrected chi connectivity index (χ4v) is 7.70. The molecule has 5 rings (SSSR count). The number of benzene rings is 4. The first-order chi connectivity index (χ1) is 21.3. The number of hydrogen-bond acceptors (Lipinski definition) is 9. The summed E-state index contributed by atoms with van der Waals surface area (Å²) in [4.78, 5) is -1.79. The van der Waals surface area contributed by atoms with Crippen molar-refractivity contribution < 1.29 is 43.6 Å². The van der Waals surface area contributed by atoms with Crippen molar-refractivity contribution >= 4 is 59.6 Å². The van der Waals surface area contributed by atoms with E-state index in [0.29, 0.717) is 12.2 Å². The van der Waals surface area contributed by atoms with Crippen molar-refractivity contribution in [3.63, 3.8) is 0 Å². The topological polar surface area (TPSA) is 196 Å². The fourth-order valence-electron chi connectivity index (χ4n) is 5.69. The Kier molecular flexibility index (Phi) is 8.30. The van der Waals surface area contributed by atoms with E-state index in [0.717, 1.165) is 40.6 Å². The van der Waals surface area contributed by atoms with Gasteiger partial charge in [0.05, 0.1) is 5.69 Å². The van der Waals surface area contributed by atoms with Crippen molar-refractivity contribution in [2.24, 2.45) is 0 Å². The Hall–Kier alpha value is -4.25. The second kappa shape index (κ2) is 11.5. The van der Waals surface area contributed by atoms with Gasteiger partial charge in [-0.15, -0.1) is 0 Å². The number of fused-ring (bicyclic) bond motifs is 2. The zero-order chi connectivity index (χ0) is 33.9. The minimum atomic E-state index is -4.96. The van der Waals surface area contributed by atoms with E-state index in [9.17, 15) is 38.9 Å². The summed E-state index contributed by atoms with van der Waals surface area (Å²) < 4.78 is 112. The highest BCUT2D eigenvalue weighted by molar-refractivity contribution is 7.86. The Morgan fingerprint density at radius 1 is 0.717 bits per heavy atom. The second-order valence-electron chi connectivity index (χ2n) is 10.7. The maximum Gasteiger partial charge on any atom is 0.296 e. The van der Waals surface area contributed by atoms with E-state index in [-0.39, 0.29) is 44.3 Å². The van der Waals surface area contributed by atoms with Gasteiger partial charge in [0, 0.05) is 45.9 Å². The summed E-state index contributed by atoms with van der Waals surface area (Å²) in [6.07, 6.45) is 0. The van der Waals surface area contributed by atoms with Crippen molar-refractivity contribution in [1.82, 2.24) is 0 Å². The fraction of sp³-hybridized carbons (Fsp3) is 0.161. The number of ether oxygens (including phenoxy) is 1.